The number of rotatable bonds is 5. The highest BCUT2D eigenvalue weighted by Gasteiger charge is 2.22. The van der Waals surface area contributed by atoms with E-state index in [1.807, 2.05) is 11.0 Å². The Bertz CT molecular complexity index is 626. The van der Waals surface area contributed by atoms with Crippen LogP contribution in [0.15, 0.2) is 36.0 Å². The van der Waals surface area contributed by atoms with E-state index < -0.39 is 0 Å². The minimum atomic E-state index is 0.0293. The quantitative estimate of drug-likeness (QED) is 0.903. The highest BCUT2D eigenvalue weighted by molar-refractivity contribution is 7.09. The van der Waals surface area contributed by atoms with Crippen LogP contribution in [0.5, 0.6) is 0 Å². The first-order chi connectivity index (χ1) is 11.7. The summed E-state index contributed by atoms with van der Waals surface area (Å²) in [6.45, 7) is 5.81. The number of hydrogen-bond acceptors (Lipinski definition) is 5. The lowest BCUT2D eigenvalue weighted by molar-refractivity contribution is 0.192. The third kappa shape index (κ3) is 4.44. The summed E-state index contributed by atoms with van der Waals surface area (Å²) in [5.74, 6) is 1.17. The van der Waals surface area contributed by atoms with Gasteiger partial charge in [0.25, 0.3) is 0 Å². The van der Waals surface area contributed by atoms with Crippen molar-refractivity contribution in [2.75, 3.05) is 37.6 Å². The maximum Gasteiger partial charge on any atom is 0.317 e. The second-order valence-corrected chi connectivity index (χ2v) is 7.13. The van der Waals surface area contributed by atoms with Gasteiger partial charge in [-0.2, -0.15) is 0 Å². The maximum absolute atomic E-state index is 12.3. The van der Waals surface area contributed by atoms with E-state index in [9.17, 15) is 4.79 Å². The van der Waals surface area contributed by atoms with Gasteiger partial charge in [-0.15, -0.1) is 11.3 Å². The van der Waals surface area contributed by atoms with Crippen LogP contribution in [0.25, 0.3) is 0 Å². The van der Waals surface area contributed by atoms with E-state index in [4.69, 9.17) is 0 Å². The minimum absolute atomic E-state index is 0.0293. The van der Waals surface area contributed by atoms with Gasteiger partial charge in [0.1, 0.15) is 0 Å². The summed E-state index contributed by atoms with van der Waals surface area (Å²) in [6, 6.07) is 6.06. The molecule has 1 N–H and O–H groups in total. The summed E-state index contributed by atoms with van der Waals surface area (Å²) in [6.07, 6.45) is 4.50. The molecule has 1 aliphatic heterocycles. The number of carbonyl (C=O) groups is 1. The average molecular weight is 345 g/mol. The minimum Gasteiger partial charge on any atom is -0.338 e. The second kappa shape index (κ2) is 8.10. The number of aromatic nitrogens is 2. The van der Waals surface area contributed by atoms with Crippen LogP contribution < -0.4 is 10.2 Å². The number of nitrogens with zero attached hydrogens (tertiary/aromatic N) is 4. The predicted octanol–water partition coefficient (Wildman–Crippen LogP) is 2.25. The van der Waals surface area contributed by atoms with Crippen LogP contribution in [0.1, 0.15) is 11.8 Å². The molecule has 0 unspecified atom stereocenters. The Morgan fingerprint density at radius 1 is 1.25 bits per heavy atom. The van der Waals surface area contributed by atoms with Crippen molar-refractivity contribution in [1.29, 1.82) is 0 Å². The predicted molar refractivity (Wildman–Crippen MR) is 96.4 cm³/mol. The van der Waals surface area contributed by atoms with Crippen LogP contribution in [0, 0.1) is 5.92 Å². The Morgan fingerprint density at radius 3 is 2.67 bits per heavy atom. The number of piperazine rings is 1. The Hall–Kier alpha value is -2.15. The van der Waals surface area contributed by atoms with Crippen molar-refractivity contribution in [2.45, 2.75) is 13.3 Å². The molecule has 7 heteroatoms. The van der Waals surface area contributed by atoms with E-state index in [-0.39, 0.29) is 6.03 Å². The van der Waals surface area contributed by atoms with Crippen LogP contribution in [0.4, 0.5) is 10.7 Å². The van der Waals surface area contributed by atoms with Gasteiger partial charge in [0.2, 0.25) is 5.95 Å². The molecule has 0 bridgehead atoms. The van der Waals surface area contributed by atoms with Crippen molar-refractivity contribution in [1.82, 2.24) is 20.2 Å². The zero-order valence-electron chi connectivity index (χ0n) is 13.9. The van der Waals surface area contributed by atoms with Crippen molar-refractivity contribution in [3.8, 4) is 0 Å². The Labute approximate surface area is 146 Å². The number of hydrogen-bond donors (Lipinski definition) is 1. The van der Waals surface area contributed by atoms with Crippen molar-refractivity contribution >= 4 is 23.3 Å². The molecule has 1 aliphatic rings. The molecule has 24 heavy (non-hydrogen) atoms. The summed E-state index contributed by atoms with van der Waals surface area (Å²) in [5, 5.41) is 5.15. The van der Waals surface area contributed by atoms with Crippen molar-refractivity contribution in [3.05, 3.63) is 40.8 Å². The summed E-state index contributed by atoms with van der Waals surface area (Å²) in [7, 11) is 0. The lowest BCUT2D eigenvalue weighted by Gasteiger charge is -2.34. The van der Waals surface area contributed by atoms with E-state index in [1.165, 1.54) is 4.88 Å². The fourth-order valence-electron chi connectivity index (χ4n) is 2.78. The molecule has 2 aromatic heterocycles. The van der Waals surface area contributed by atoms with Gasteiger partial charge < -0.3 is 15.1 Å². The smallest absolute Gasteiger partial charge is 0.317 e. The molecule has 1 saturated heterocycles. The monoisotopic (exact) mass is 345 g/mol. The van der Waals surface area contributed by atoms with E-state index in [1.54, 1.807) is 23.7 Å². The molecule has 0 aromatic carbocycles. The summed E-state index contributed by atoms with van der Waals surface area (Å²) in [4.78, 5) is 26.2. The molecule has 3 rings (SSSR count). The SMILES string of the molecule is C[C@@H](CNC(=O)N1CCN(c2ncccn2)CC1)Cc1cccs1. The summed E-state index contributed by atoms with van der Waals surface area (Å²) < 4.78 is 0. The highest BCUT2D eigenvalue weighted by Crippen LogP contribution is 2.14. The van der Waals surface area contributed by atoms with Crippen LogP contribution in [-0.4, -0.2) is 53.6 Å². The van der Waals surface area contributed by atoms with Gasteiger partial charge in [-0.1, -0.05) is 13.0 Å². The fourth-order valence-corrected chi connectivity index (χ4v) is 3.65. The molecule has 6 nitrogen and oxygen atoms in total. The zero-order chi connectivity index (χ0) is 16.8. The maximum atomic E-state index is 12.3. The van der Waals surface area contributed by atoms with Gasteiger partial charge in [-0.3, -0.25) is 0 Å². The number of carbonyl (C=O) groups excluding carboxylic acids is 1. The molecule has 3 heterocycles. The standard InChI is InChI=1S/C17H23N5OS/c1-14(12-15-4-2-11-24-15)13-20-17(23)22-9-7-21(8-10-22)16-18-5-3-6-19-16/h2-6,11,14H,7-10,12-13H2,1H3,(H,20,23)/t14-/m1/s1. The Kier molecular flexibility index (Phi) is 5.63. The summed E-state index contributed by atoms with van der Waals surface area (Å²) >= 11 is 1.77. The normalized spacial score (nSPS) is 16.0. The molecule has 2 aromatic rings. The number of nitrogens with one attached hydrogen (secondary N) is 1. The molecule has 2 amide bonds. The lowest BCUT2D eigenvalue weighted by atomic mass is 10.1. The molecule has 1 atom stereocenters. The molecular weight excluding hydrogens is 322 g/mol. The molecule has 0 spiro atoms. The van der Waals surface area contributed by atoms with E-state index >= 15 is 0 Å². The first-order valence-corrected chi connectivity index (χ1v) is 9.17. The van der Waals surface area contributed by atoms with Crippen LogP contribution in [0.3, 0.4) is 0 Å². The molecule has 128 valence electrons. The largest absolute Gasteiger partial charge is 0.338 e. The number of urea groups is 1. The highest BCUT2D eigenvalue weighted by atomic mass is 32.1. The molecule has 1 fully saturated rings. The van der Waals surface area contributed by atoms with Gasteiger partial charge >= 0.3 is 6.03 Å². The second-order valence-electron chi connectivity index (χ2n) is 6.10. The third-order valence-corrected chi connectivity index (χ3v) is 5.03. The van der Waals surface area contributed by atoms with E-state index in [0.29, 0.717) is 25.6 Å². The van der Waals surface area contributed by atoms with Crippen LogP contribution >= 0.6 is 11.3 Å². The van der Waals surface area contributed by atoms with Gasteiger partial charge in [0.05, 0.1) is 0 Å². The molecule has 0 saturated carbocycles. The van der Waals surface area contributed by atoms with Gasteiger partial charge in [0.15, 0.2) is 0 Å². The zero-order valence-corrected chi connectivity index (χ0v) is 14.7. The van der Waals surface area contributed by atoms with E-state index in [2.05, 4.69) is 44.6 Å². The van der Waals surface area contributed by atoms with Gasteiger partial charge in [0, 0.05) is 50.0 Å². The number of thiophene rings is 1. The first-order valence-electron chi connectivity index (χ1n) is 8.29. The van der Waals surface area contributed by atoms with Crippen molar-refractivity contribution in [3.63, 3.8) is 0 Å². The fraction of sp³-hybridized carbons (Fsp3) is 0.471. The number of anilines is 1. The summed E-state index contributed by atoms with van der Waals surface area (Å²) in [5.41, 5.74) is 0. The van der Waals surface area contributed by atoms with Crippen LogP contribution in [-0.2, 0) is 6.42 Å². The van der Waals surface area contributed by atoms with Gasteiger partial charge in [-0.05, 0) is 29.9 Å². The van der Waals surface area contributed by atoms with Crippen molar-refractivity contribution < 1.29 is 4.79 Å². The number of amides is 2. The Morgan fingerprint density at radius 2 is 2.00 bits per heavy atom. The topological polar surface area (TPSA) is 61.4 Å². The molecular formula is C17H23N5OS. The van der Waals surface area contributed by atoms with E-state index in [0.717, 1.165) is 25.5 Å². The molecule has 0 radical (unpaired) electrons. The van der Waals surface area contributed by atoms with Crippen LogP contribution in [0.2, 0.25) is 0 Å². The molecule has 0 aliphatic carbocycles. The first kappa shape index (κ1) is 16.7. The lowest BCUT2D eigenvalue weighted by Crippen LogP contribution is -2.52. The van der Waals surface area contributed by atoms with Gasteiger partial charge in [-0.25, -0.2) is 14.8 Å². The van der Waals surface area contributed by atoms with Crippen molar-refractivity contribution in [2.24, 2.45) is 5.92 Å². The average Bonchev–Trinajstić information content (AvgIpc) is 3.13. The third-order valence-electron chi connectivity index (χ3n) is 4.13. The Balaban J connectivity index is 1.40.